The van der Waals surface area contributed by atoms with Crippen LogP contribution in [-0.2, 0) is 5.60 Å². The standard InChI is InChI=1S/C15H12Br2O/c16-13-7-10-8(13)12-9(13)11(7)14(10,17)15(12,18)6-4-2-1-3-5-6/h1-5,7-12,18H/t7?,8-,9+,10-,11+,12?,13?,14?,15-/m0/s1. The molecular weight excluding hydrogens is 356 g/mol. The van der Waals surface area contributed by atoms with Crippen LogP contribution in [0.25, 0.3) is 0 Å². The van der Waals surface area contributed by atoms with Gasteiger partial charge < -0.3 is 5.11 Å². The predicted molar refractivity (Wildman–Crippen MR) is 74.6 cm³/mol. The molecule has 6 saturated carbocycles. The van der Waals surface area contributed by atoms with E-state index in [0.717, 1.165) is 11.5 Å². The lowest BCUT2D eigenvalue weighted by molar-refractivity contribution is -0.337. The number of alkyl halides is 2. The van der Waals surface area contributed by atoms with E-state index in [9.17, 15) is 5.11 Å². The molecule has 3 heteroatoms. The van der Waals surface area contributed by atoms with Crippen LogP contribution in [0.3, 0.4) is 0 Å². The summed E-state index contributed by atoms with van der Waals surface area (Å²) < 4.78 is 0.422. The summed E-state index contributed by atoms with van der Waals surface area (Å²) in [4.78, 5) is 0. The van der Waals surface area contributed by atoms with E-state index in [0.29, 0.717) is 33.9 Å². The Kier molecular flexibility index (Phi) is 1.27. The molecule has 0 saturated heterocycles. The van der Waals surface area contributed by atoms with Gasteiger partial charge in [0.15, 0.2) is 0 Å². The van der Waals surface area contributed by atoms with Crippen LogP contribution in [-0.4, -0.2) is 13.8 Å². The molecule has 0 spiro atoms. The second kappa shape index (κ2) is 2.29. The van der Waals surface area contributed by atoms with Crippen molar-refractivity contribution >= 4 is 31.9 Å². The van der Waals surface area contributed by atoms with Crippen molar-refractivity contribution < 1.29 is 5.11 Å². The quantitative estimate of drug-likeness (QED) is 0.756. The zero-order valence-electron chi connectivity index (χ0n) is 9.55. The van der Waals surface area contributed by atoms with Crippen molar-refractivity contribution in [3.8, 4) is 0 Å². The number of hydrogen-bond acceptors (Lipinski definition) is 1. The number of benzene rings is 1. The van der Waals surface area contributed by atoms with Crippen LogP contribution in [0.15, 0.2) is 30.3 Å². The molecule has 0 aromatic heterocycles. The molecule has 1 aromatic carbocycles. The maximum Gasteiger partial charge on any atom is 0.109 e. The van der Waals surface area contributed by atoms with E-state index in [1.165, 1.54) is 0 Å². The van der Waals surface area contributed by atoms with Crippen molar-refractivity contribution in [1.29, 1.82) is 0 Å². The van der Waals surface area contributed by atoms with Crippen molar-refractivity contribution in [2.45, 2.75) is 14.2 Å². The highest BCUT2D eigenvalue weighted by Gasteiger charge is 3.07. The molecule has 7 rings (SSSR count). The molecule has 6 fully saturated rings. The molecule has 92 valence electrons. The second-order valence-corrected chi connectivity index (χ2v) is 9.57. The Morgan fingerprint density at radius 2 is 1.39 bits per heavy atom. The fourth-order valence-electron chi connectivity index (χ4n) is 6.84. The SMILES string of the molecule is O[C@@]1(c2ccccc2)C2[C@@H]3[C@@H]4C5[C@H]([C@H]2C53Br)C41Br. The highest BCUT2D eigenvalue weighted by Crippen LogP contribution is 3.03. The first kappa shape index (κ1) is 9.95. The Bertz CT molecular complexity index is 594. The summed E-state index contributed by atoms with van der Waals surface area (Å²) in [5.74, 6) is 4.17. The monoisotopic (exact) mass is 366 g/mol. The average Bonchev–Trinajstić information content (AvgIpc) is 2.54. The lowest BCUT2D eigenvalue weighted by Crippen LogP contribution is -2.93. The maximum atomic E-state index is 11.5. The van der Waals surface area contributed by atoms with Gasteiger partial charge >= 0.3 is 0 Å². The zero-order valence-corrected chi connectivity index (χ0v) is 12.7. The highest BCUT2D eigenvalue weighted by atomic mass is 79.9. The summed E-state index contributed by atoms with van der Waals surface area (Å²) in [6, 6.07) is 10.3. The summed E-state index contributed by atoms with van der Waals surface area (Å²) in [6.45, 7) is 0. The molecule has 0 aliphatic heterocycles. The van der Waals surface area contributed by atoms with Gasteiger partial charge in [0.05, 0.1) is 4.32 Å². The van der Waals surface area contributed by atoms with Gasteiger partial charge in [-0.25, -0.2) is 0 Å². The lowest BCUT2D eigenvalue weighted by atomic mass is 9.20. The predicted octanol–water partition coefficient (Wildman–Crippen LogP) is 2.91. The Balaban J connectivity index is 1.62. The molecular formula is C15H12Br2O. The minimum absolute atomic E-state index is 0.0124. The molecule has 9 atom stereocenters. The van der Waals surface area contributed by atoms with E-state index in [1.54, 1.807) is 0 Å². The zero-order chi connectivity index (χ0) is 12.1. The van der Waals surface area contributed by atoms with Gasteiger partial charge in [-0.3, -0.25) is 0 Å². The van der Waals surface area contributed by atoms with Crippen molar-refractivity contribution in [3.63, 3.8) is 0 Å². The number of halogens is 2. The van der Waals surface area contributed by atoms with E-state index in [1.807, 2.05) is 6.07 Å². The Morgan fingerprint density at radius 1 is 0.833 bits per heavy atom. The fourth-order valence-corrected chi connectivity index (χ4v) is 10.2. The maximum absolute atomic E-state index is 11.5. The van der Waals surface area contributed by atoms with Crippen LogP contribution in [0.5, 0.6) is 0 Å². The first-order valence-corrected chi connectivity index (χ1v) is 8.33. The van der Waals surface area contributed by atoms with Crippen molar-refractivity contribution in [2.75, 3.05) is 0 Å². The molecule has 1 N–H and O–H groups in total. The van der Waals surface area contributed by atoms with Gasteiger partial charge in [-0.1, -0.05) is 62.2 Å². The molecule has 0 radical (unpaired) electrons. The van der Waals surface area contributed by atoms with Crippen LogP contribution in [0, 0.1) is 35.5 Å². The van der Waals surface area contributed by atoms with Crippen molar-refractivity contribution in [1.82, 2.24) is 0 Å². The Labute approximate surface area is 122 Å². The molecule has 0 heterocycles. The summed E-state index contributed by atoms with van der Waals surface area (Å²) in [5.41, 5.74) is 0.505. The Morgan fingerprint density at radius 3 is 1.94 bits per heavy atom. The third-order valence-corrected chi connectivity index (χ3v) is 10.4. The van der Waals surface area contributed by atoms with Gasteiger partial charge in [-0.2, -0.15) is 0 Å². The third-order valence-electron chi connectivity index (χ3n) is 7.10. The first-order chi connectivity index (χ1) is 8.59. The number of hydrogen-bond donors (Lipinski definition) is 1. The van der Waals surface area contributed by atoms with Crippen LogP contribution in [0.1, 0.15) is 5.56 Å². The third kappa shape index (κ3) is 0.535. The first-order valence-electron chi connectivity index (χ1n) is 6.74. The van der Waals surface area contributed by atoms with E-state index < -0.39 is 5.60 Å². The van der Waals surface area contributed by atoms with Crippen LogP contribution < -0.4 is 0 Å². The average molecular weight is 368 g/mol. The van der Waals surface area contributed by atoms with Crippen LogP contribution in [0.4, 0.5) is 0 Å². The van der Waals surface area contributed by atoms with E-state index in [4.69, 9.17) is 0 Å². The minimum atomic E-state index is -0.622. The summed E-state index contributed by atoms with van der Waals surface area (Å²) >= 11 is 7.99. The largest absolute Gasteiger partial charge is 0.383 e. The lowest BCUT2D eigenvalue weighted by Gasteiger charge is -2.90. The number of rotatable bonds is 1. The topological polar surface area (TPSA) is 20.2 Å². The van der Waals surface area contributed by atoms with E-state index >= 15 is 0 Å². The summed E-state index contributed by atoms with van der Waals surface area (Å²) in [5, 5.41) is 11.5. The molecule has 0 amide bonds. The summed E-state index contributed by atoms with van der Waals surface area (Å²) in [6.07, 6.45) is 0. The molecule has 4 unspecified atom stereocenters. The molecule has 6 aliphatic rings. The van der Waals surface area contributed by atoms with Gasteiger partial charge in [0.1, 0.15) is 5.60 Å². The molecule has 6 aliphatic carbocycles. The highest BCUT2D eigenvalue weighted by molar-refractivity contribution is 9.10. The smallest absolute Gasteiger partial charge is 0.109 e. The van der Waals surface area contributed by atoms with Crippen molar-refractivity contribution in [3.05, 3.63) is 35.9 Å². The molecule has 18 heavy (non-hydrogen) atoms. The normalized spacial score (nSPS) is 71.7. The second-order valence-electron chi connectivity index (χ2n) is 6.88. The number of aliphatic hydroxyl groups is 1. The van der Waals surface area contributed by atoms with Crippen LogP contribution in [0.2, 0.25) is 0 Å². The molecule has 1 nitrogen and oxygen atoms in total. The Hall–Kier alpha value is 0.140. The van der Waals surface area contributed by atoms with Gasteiger partial charge in [0.25, 0.3) is 0 Å². The molecule has 2 bridgehead atoms. The summed E-state index contributed by atoms with van der Waals surface area (Å²) in [7, 11) is 0. The fraction of sp³-hybridized carbons (Fsp3) is 0.600. The minimum Gasteiger partial charge on any atom is -0.383 e. The molecule has 1 aromatic rings. The van der Waals surface area contributed by atoms with Gasteiger partial charge in [0, 0.05) is 10.2 Å². The van der Waals surface area contributed by atoms with E-state index in [-0.39, 0.29) is 4.32 Å². The van der Waals surface area contributed by atoms with E-state index in [2.05, 4.69) is 56.1 Å². The van der Waals surface area contributed by atoms with Gasteiger partial charge in [-0.15, -0.1) is 0 Å². The van der Waals surface area contributed by atoms with Crippen molar-refractivity contribution in [2.24, 2.45) is 35.5 Å². The van der Waals surface area contributed by atoms with Crippen LogP contribution >= 0.6 is 31.9 Å². The van der Waals surface area contributed by atoms with Gasteiger partial charge in [-0.05, 0) is 35.2 Å². The van der Waals surface area contributed by atoms with Gasteiger partial charge in [0.2, 0.25) is 0 Å².